The van der Waals surface area contributed by atoms with Crippen LogP contribution >= 0.6 is 23.4 Å². The van der Waals surface area contributed by atoms with Crippen LogP contribution in [0.5, 0.6) is 0 Å². The van der Waals surface area contributed by atoms with Gasteiger partial charge in [-0.25, -0.2) is 4.98 Å². The van der Waals surface area contributed by atoms with E-state index in [4.69, 9.17) is 16.7 Å². The number of benzene rings is 1. The molecule has 7 heteroatoms. The van der Waals surface area contributed by atoms with Gasteiger partial charge in [-0.3, -0.25) is 4.79 Å². The van der Waals surface area contributed by atoms with Gasteiger partial charge >= 0.3 is 0 Å². The summed E-state index contributed by atoms with van der Waals surface area (Å²) < 4.78 is 1.78. The van der Waals surface area contributed by atoms with E-state index in [9.17, 15) is 4.79 Å². The van der Waals surface area contributed by atoms with Crippen LogP contribution in [0.1, 0.15) is 18.2 Å². The van der Waals surface area contributed by atoms with Crippen molar-refractivity contribution in [3.05, 3.63) is 40.7 Å². The maximum Gasteiger partial charge on any atom is 0.237 e. The van der Waals surface area contributed by atoms with Crippen LogP contribution in [0, 0.1) is 6.92 Å². The topological polar surface area (TPSA) is 67.2 Å². The minimum Gasteiger partial charge on any atom is -0.390 e. The molecule has 22 heavy (non-hydrogen) atoms. The number of amides is 1. The van der Waals surface area contributed by atoms with Crippen molar-refractivity contribution in [3.8, 4) is 0 Å². The van der Waals surface area contributed by atoms with Crippen LogP contribution < -0.4 is 5.32 Å². The highest BCUT2D eigenvalue weighted by molar-refractivity contribution is 8.00. The summed E-state index contributed by atoms with van der Waals surface area (Å²) in [7, 11) is 1.81. The van der Waals surface area contributed by atoms with Gasteiger partial charge in [0, 0.05) is 17.8 Å². The lowest BCUT2D eigenvalue weighted by Crippen LogP contribution is -2.23. The summed E-state index contributed by atoms with van der Waals surface area (Å²) in [5.74, 6) is -0.121. The number of halogens is 1. The molecule has 1 amide bonds. The number of nitrogens with one attached hydrogen (secondary N) is 1. The van der Waals surface area contributed by atoms with Gasteiger partial charge in [-0.2, -0.15) is 0 Å². The number of hydrogen-bond donors (Lipinski definition) is 2. The zero-order valence-electron chi connectivity index (χ0n) is 12.6. The first-order valence-corrected chi connectivity index (χ1v) is 8.03. The number of aliphatic hydroxyl groups is 1. The number of aliphatic hydroxyl groups excluding tert-OH is 1. The highest BCUT2D eigenvalue weighted by Crippen LogP contribution is 2.25. The molecule has 1 atom stereocenters. The monoisotopic (exact) mass is 339 g/mol. The predicted molar refractivity (Wildman–Crippen MR) is 89.3 cm³/mol. The van der Waals surface area contributed by atoms with Crippen molar-refractivity contribution in [2.75, 3.05) is 5.32 Å². The zero-order chi connectivity index (χ0) is 16.3. The Morgan fingerprint density at radius 3 is 2.91 bits per heavy atom. The Morgan fingerprint density at radius 2 is 2.27 bits per heavy atom. The molecule has 0 bridgehead atoms. The minimum atomic E-state index is -0.328. The molecule has 1 aromatic carbocycles. The summed E-state index contributed by atoms with van der Waals surface area (Å²) in [6.45, 7) is 3.65. The number of nitrogens with zero attached hydrogens (tertiary/aromatic N) is 2. The van der Waals surface area contributed by atoms with Gasteiger partial charge in [-0.05, 0) is 31.5 Å². The molecular formula is C15H18ClN3O2S. The number of aryl methyl sites for hydroxylation is 1. The van der Waals surface area contributed by atoms with Gasteiger partial charge in [0.15, 0.2) is 5.16 Å². The predicted octanol–water partition coefficient (Wildman–Crippen LogP) is 2.99. The second kappa shape index (κ2) is 7.17. The van der Waals surface area contributed by atoms with Gasteiger partial charge < -0.3 is 15.0 Å². The van der Waals surface area contributed by atoms with Crippen molar-refractivity contribution in [3.63, 3.8) is 0 Å². The summed E-state index contributed by atoms with van der Waals surface area (Å²) in [4.78, 5) is 16.5. The Labute approximate surface area is 138 Å². The summed E-state index contributed by atoms with van der Waals surface area (Å²) in [5.41, 5.74) is 2.37. The molecule has 0 aliphatic heterocycles. The Balaban J connectivity index is 2.06. The van der Waals surface area contributed by atoms with Gasteiger partial charge in [-0.1, -0.05) is 29.4 Å². The first-order chi connectivity index (χ1) is 10.4. The normalized spacial score (nSPS) is 12.2. The molecule has 0 saturated carbocycles. The second-order valence-electron chi connectivity index (χ2n) is 4.96. The van der Waals surface area contributed by atoms with Crippen LogP contribution in [0.25, 0.3) is 0 Å². The number of carbonyl (C=O) groups is 1. The maximum absolute atomic E-state index is 12.3. The van der Waals surface area contributed by atoms with E-state index in [1.807, 2.05) is 27.0 Å². The molecule has 1 aromatic heterocycles. The van der Waals surface area contributed by atoms with Gasteiger partial charge in [-0.15, -0.1) is 0 Å². The van der Waals surface area contributed by atoms with Crippen molar-refractivity contribution in [1.29, 1.82) is 0 Å². The number of hydrogen-bond acceptors (Lipinski definition) is 4. The van der Waals surface area contributed by atoms with Crippen molar-refractivity contribution < 1.29 is 9.90 Å². The molecule has 1 unspecified atom stereocenters. The van der Waals surface area contributed by atoms with E-state index in [2.05, 4.69) is 10.3 Å². The highest BCUT2D eigenvalue weighted by atomic mass is 35.5. The van der Waals surface area contributed by atoms with Crippen molar-refractivity contribution >= 4 is 35.0 Å². The number of imidazole rings is 1. The van der Waals surface area contributed by atoms with E-state index in [0.29, 0.717) is 21.6 Å². The third kappa shape index (κ3) is 3.82. The quantitative estimate of drug-likeness (QED) is 0.822. The number of thioether (sulfide) groups is 1. The first-order valence-electron chi connectivity index (χ1n) is 6.77. The van der Waals surface area contributed by atoms with E-state index in [1.54, 1.807) is 22.9 Å². The Kier molecular flexibility index (Phi) is 5.50. The van der Waals surface area contributed by atoms with Crippen LogP contribution in [-0.2, 0) is 18.4 Å². The molecule has 2 rings (SSSR count). The van der Waals surface area contributed by atoms with Gasteiger partial charge in [0.05, 0.1) is 23.7 Å². The molecule has 2 N–H and O–H groups in total. The molecule has 0 saturated heterocycles. The summed E-state index contributed by atoms with van der Waals surface area (Å²) >= 11 is 7.30. The van der Waals surface area contributed by atoms with Crippen LogP contribution in [-0.4, -0.2) is 25.8 Å². The van der Waals surface area contributed by atoms with E-state index in [-0.39, 0.29) is 17.8 Å². The molecule has 0 aliphatic carbocycles. The minimum absolute atomic E-state index is 0.0770. The lowest BCUT2D eigenvalue weighted by atomic mass is 10.2. The average molecular weight is 340 g/mol. The molecule has 0 spiro atoms. The van der Waals surface area contributed by atoms with Crippen LogP contribution in [0.15, 0.2) is 29.6 Å². The first kappa shape index (κ1) is 16.9. The zero-order valence-corrected chi connectivity index (χ0v) is 14.2. The highest BCUT2D eigenvalue weighted by Gasteiger charge is 2.18. The van der Waals surface area contributed by atoms with E-state index in [0.717, 1.165) is 5.56 Å². The second-order valence-corrected chi connectivity index (χ2v) is 6.70. The summed E-state index contributed by atoms with van der Waals surface area (Å²) in [6.07, 6.45) is 1.61. The van der Waals surface area contributed by atoms with Crippen molar-refractivity contribution in [1.82, 2.24) is 9.55 Å². The lowest BCUT2D eigenvalue weighted by molar-refractivity contribution is -0.115. The summed E-state index contributed by atoms with van der Waals surface area (Å²) in [5, 5.41) is 13.0. The number of aromatic nitrogens is 2. The molecule has 0 radical (unpaired) electrons. The molecule has 0 aliphatic rings. The lowest BCUT2D eigenvalue weighted by Gasteiger charge is -2.13. The molecule has 2 aromatic rings. The van der Waals surface area contributed by atoms with Crippen LogP contribution in [0.3, 0.4) is 0 Å². The fourth-order valence-corrected chi connectivity index (χ4v) is 2.90. The SMILES string of the molecule is Cc1ccc(Cl)cc1NC(=O)C(C)Sc1ncc(CO)n1C. The largest absolute Gasteiger partial charge is 0.390 e. The third-order valence-corrected chi connectivity index (χ3v) is 4.71. The van der Waals surface area contributed by atoms with Gasteiger partial charge in [0.25, 0.3) is 0 Å². The smallest absolute Gasteiger partial charge is 0.237 e. The molecule has 0 fully saturated rings. The van der Waals surface area contributed by atoms with E-state index >= 15 is 0 Å². The fraction of sp³-hybridized carbons (Fsp3) is 0.333. The maximum atomic E-state index is 12.3. The molecule has 1 heterocycles. The standard InChI is InChI=1S/C15H18ClN3O2S/c1-9-4-5-11(16)6-13(9)18-14(21)10(2)22-15-17-7-12(8-20)19(15)3/h4-7,10,20H,8H2,1-3H3,(H,18,21). The van der Waals surface area contributed by atoms with Gasteiger partial charge in [0.1, 0.15) is 0 Å². The number of rotatable bonds is 5. The fourth-order valence-electron chi connectivity index (χ4n) is 1.86. The Bertz CT molecular complexity index is 687. The number of carbonyl (C=O) groups excluding carboxylic acids is 1. The van der Waals surface area contributed by atoms with Gasteiger partial charge in [0.2, 0.25) is 5.91 Å². The van der Waals surface area contributed by atoms with Crippen LogP contribution in [0.4, 0.5) is 5.69 Å². The van der Waals surface area contributed by atoms with Crippen molar-refractivity contribution in [2.45, 2.75) is 30.9 Å². The Hall–Kier alpha value is -1.50. The van der Waals surface area contributed by atoms with E-state index < -0.39 is 0 Å². The van der Waals surface area contributed by atoms with Crippen LogP contribution in [0.2, 0.25) is 5.02 Å². The summed E-state index contributed by atoms with van der Waals surface area (Å²) in [6, 6.07) is 5.38. The van der Waals surface area contributed by atoms with Crippen molar-refractivity contribution in [2.24, 2.45) is 7.05 Å². The third-order valence-electron chi connectivity index (χ3n) is 3.31. The molecular weight excluding hydrogens is 322 g/mol. The average Bonchev–Trinajstić information content (AvgIpc) is 2.83. The number of anilines is 1. The van der Waals surface area contributed by atoms with E-state index in [1.165, 1.54) is 11.8 Å². The molecule has 5 nitrogen and oxygen atoms in total. The molecule has 118 valence electrons. The Morgan fingerprint density at radius 1 is 1.55 bits per heavy atom.